The highest BCUT2D eigenvalue weighted by molar-refractivity contribution is 8.18. The molecule has 0 spiro atoms. The summed E-state index contributed by atoms with van der Waals surface area (Å²) in [5.41, 5.74) is 0. The molecular weight excluding hydrogens is 167 g/mol. The maximum Gasteiger partial charge on any atom is 0.199 e. The van der Waals surface area contributed by atoms with Crippen LogP contribution in [0.2, 0.25) is 0 Å². The van der Waals surface area contributed by atoms with Crippen molar-refractivity contribution in [3.8, 4) is 0 Å². The van der Waals surface area contributed by atoms with Gasteiger partial charge in [-0.25, -0.2) is 0 Å². The monoisotopic (exact) mass is 168 g/mol. The Bertz CT molecular complexity index is 147. The molecule has 0 aliphatic carbocycles. The Labute approximate surface area is 61.0 Å². The van der Waals surface area contributed by atoms with Gasteiger partial charge in [-0.3, -0.25) is 4.79 Å². The second-order valence-corrected chi connectivity index (χ2v) is 3.46. The number of carbonyl (C=O) groups is 1. The zero-order valence-corrected chi connectivity index (χ0v) is 6.11. The van der Waals surface area contributed by atoms with Crippen molar-refractivity contribution in [2.24, 2.45) is 0 Å². The normalized spacial score (nSPS) is 20.5. The fraction of sp³-hybridized carbons (Fsp3) is 0.250. The molecule has 8 heavy (non-hydrogen) atoms. The lowest BCUT2D eigenvalue weighted by Crippen LogP contribution is -1.78. The van der Waals surface area contributed by atoms with Crippen LogP contribution in [0.1, 0.15) is 6.42 Å². The van der Waals surface area contributed by atoms with Gasteiger partial charge in [-0.2, -0.15) is 0 Å². The zero-order valence-electron chi connectivity index (χ0n) is 3.78. The van der Waals surface area contributed by atoms with Gasteiger partial charge < -0.3 is 0 Å². The van der Waals surface area contributed by atoms with Gasteiger partial charge >= 0.3 is 0 Å². The minimum atomic E-state index is 0.0278. The van der Waals surface area contributed by atoms with Crippen LogP contribution in [-0.4, -0.2) is 5.12 Å². The lowest BCUT2D eigenvalue weighted by Gasteiger charge is -1.78. The van der Waals surface area contributed by atoms with Crippen LogP contribution in [0.15, 0.2) is 9.40 Å². The molecule has 0 N–H and O–H groups in total. The molecule has 1 nitrogen and oxygen atoms in total. The van der Waals surface area contributed by atoms with Crippen LogP contribution < -0.4 is 0 Å². The number of carbonyl (C=O) groups excluding carboxylic acids is 1. The van der Waals surface area contributed by atoms with Crippen LogP contribution in [0.5, 0.6) is 0 Å². The van der Waals surface area contributed by atoms with Crippen LogP contribution in [0, 0.1) is 0 Å². The van der Waals surface area contributed by atoms with Crippen molar-refractivity contribution in [3.63, 3.8) is 0 Å². The Hall–Kier alpha value is 0.340. The lowest BCUT2D eigenvalue weighted by atomic mass is 10.5. The Morgan fingerprint density at radius 2 is 2.12 bits per heavy atom. The van der Waals surface area contributed by atoms with Crippen molar-refractivity contribution < 1.29 is 4.79 Å². The van der Waals surface area contributed by atoms with Crippen molar-refractivity contribution in [1.29, 1.82) is 0 Å². The molecule has 0 unspecified atom stereocenters. The van der Waals surface area contributed by atoms with E-state index in [9.17, 15) is 4.79 Å². The van der Waals surface area contributed by atoms with E-state index in [1.54, 1.807) is 0 Å². The van der Waals surface area contributed by atoms with E-state index in [2.05, 4.69) is 0 Å². The molecule has 0 radical (unpaired) electrons. The summed E-state index contributed by atoms with van der Waals surface area (Å²) in [5, 5.41) is 0.502. The molecule has 0 aromatic rings. The van der Waals surface area contributed by atoms with E-state index in [0.717, 1.165) is 11.8 Å². The fourth-order valence-electron chi connectivity index (χ4n) is 0.388. The topological polar surface area (TPSA) is 17.1 Å². The SMILES string of the molecule is O=C1CC(Cl)=C(Cl)S1. The summed E-state index contributed by atoms with van der Waals surface area (Å²) in [5.74, 6) is 0. The molecule has 1 rings (SSSR count). The van der Waals surface area contributed by atoms with E-state index in [4.69, 9.17) is 23.2 Å². The third-order valence-electron chi connectivity index (χ3n) is 0.716. The molecule has 4 heteroatoms. The largest absolute Gasteiger partial charge is 0.286 e. The first-order valence-electron chi connectivity index (χ1n) is 1.95. The smallest absolute Gasteiger partial charge is 0.199 e. The summed E-state index contributed by atoms with van der Waals surface area (Å²) >= 11 is 11.9. The first kappa shape index (κ1) is 6.46. The van der Waals surface area contributed by atoms with Gasteiger partial charge in [0.15, 0.2) is 5.12 Å². The van der Waals surface area contributed by atoms with Crippen molar-refractivity contribution in [2.45, 2.75) is 6.42 Å². The average molecular weight is 169 g/mol. The second kappa shape index (κ2) is 2.29. The fourth-order valence-corrected chi connectivity index (χ4v) is 1.63. The molecule has 44 valence electrons. The van der Waals surface area contributed by atoms with E-state index in [1.165, 1.54) is 0 Å². The minimum Gasteiger partial charge on any atom is -0.286 e. The van der Waals surface area contributed by atoms with Gasteiger partial charge in [0.25, 0.3) is 0 Å². The summed E-state index contributed by atoms with van der Waals surface area (Å²) in [7, 11) is 0. The van der Waals surface area contributed by atoms with Gasteiger partial charge in [0.1, 0.15) is 0 Å². The highest BCUT2D eigenvalue weighted by Crippen LogP contribution is 2.37. The van der Waals surface area contributed by atoms with E-state index >= 15 is 0 Å². The van der Waals surface area contributed by atoms with Gasteiger partial charge in [-0.05, 0) is 11.8 Å². The number of hydrogen-bond donors (Lipinski definition) is 0. The van der Waals surface area contributed by atoms with Gasteiger partial charge in [-0.1, -0.05) is 23.2 Å². The number of thioether (sulfide) groups is 1. The van der Waals surface area contributed by atoms with Crippen molar-refractivity contribution in [3.05, 3.63) is 9.40 Å². The molecular formula is C4H2Cl2OS. The summed E-state index contributed by atoms with van der Waals surface area (Å²) in [6.07, 6.45) is 0.297. The molecule has 1 heterocycles. The average Bonchev–Trinajstić information content (AvgIpc) is 1.85. The van der Waals surface area contributed by atoms with Crippen LogP contribution in [0.4, 0.5) is 0 Å². The van der Waals surface area contributed by atoms with Crippen molar-refractivity contribution in [1.82, 2.24) is 0 Å². The number of hydrogen-bond acceptors (Lipinski definition) is 2. The highest BCUT2D eigenvalue weighted by Gasteiger charge is 2.18. The molecule has 0 amide bonds. The molecule has 0 atom stereocenters. The van der Waals surface area contributed by atoms with Crippen LogP contribution in [-0.2, 0) is 4.79 Å². The lowest BCUT2D eigenvalue weighted by molar-refractivity contribution is -0.110. The van der Waals surface area contributed by atoms with Crippen molar-refractivity contribution >= 4 is 40.1 Å². The standard InChI is InChI=1S/C4H2Cl2OS/c5-2-1-3(7)8-4(2)6/h1H2. The van der Waals surface area contributed by atoms with Gasteiger partial charge in [0.05, 0.1) is 15.8 Å². The van der Waals surface area contributed by atoms with E-state index < -0.39 is 0 Å². The molecule has 0 saturated heterocycles. The van der Waals surface area contributed by atoms with Gasteiger partial charge in [0, 0.05) is 0 Å². The zero-order chi connectivity index (χ0) is 6.15. The summed E-state index contributed by atoms with van der Waals surface area (Å²) < 4.78 is 0.427. The van der Waals surface area contributed by atoms with E-state index in [0.29, 0.717) is 15.8 Å². The van der Waals surface area contributed by atoms with Gasteiger partial charge in [-0.15, -0.1) is 0 Å². The third kappa shape index (κ3) is 1.19. The Balaban J connectivity index is 2.73. The molecule has 0 fully saturated rings. The minimum absolute atomic E-state index is 0.0278. The molecule has 1 aliphatic rings. The van der Waals surface area contributed by atoms with E-state index in [-0.39, 0.29) is 5.12 Å². The van der Waals surface area contributed by atoms with Crippen molar-refractivity contribution in [2.75, 3.05) is 0 Å². The first-order chi connectivity index (χ1) is 3.70. The molecule has 0 aromatic heterocycles. The Kier molecular flexibility index (Phi) is 1.85. The van der Waals surface area contributed by atoms with Crippen LogP contribution in [0.3, 0.4) is 0 Å². The molecule has 0 aromatic carbocycles. The molecule has 0 bridgehead atoms. The quantitative estimate of drug-likeness (QED) is 0.553. The highest BCUT2D eigenvalue weighted by atomic mass is 35.5. The maximum atomic E-state index is 10.4. The number of allylic oxidation sites excluding steroid dienone is 1. The predicted octanol–water partition coefficient (Wildman–Crippen LogP) is 2.30. The number of halogens is 2. The summed E-state index contributed by atoms with van der Waals surface area (Å²) in [4.78, 5) is 10.4. The maximum absolute atomic E-state index is 10.4. The molecule has 0 saturated carbocycles. The second-order valence-electron chi connectivity index (χ2n) is 1.33. The van der Waals surface area contributed by atoms with Crippen LogP contribution >= 0.6 is 35.0 Å². The summed E-state index contributed by atoms with van der Waals surface area (Å²) in [6, 6.07) is 0. The first-order valence-corrected chi connectivity index (χ1v) is 3.52. The third-order valence-corrected chi connectivity index (χ3v) is 2.50. The Morgan fingerprint density at radius 1 is 1.50 bits per heavy atom. The van der Waals surface area contributed by atoms with Gasteiger partial charge in [0.2, 0.25) is 0 Å². The molecule has 1 aliphatic heterocycles. The van der Waals surface area contributed by atoms with Crippen LogP contribution in [0.25, 0.3) is 0 Å². The van der Waals surface area contributed by atoms with E-state index in [1.807, 2.05) is 0 Å². The predicted molar refractivity (Wildman–Crippen MR) is 35.9 cm³/mol. The Morgan fingerprint density at radius 3 is 2.25 bits per heavy atom. The summed E-state index contributed by atoms with van der Waals surface area (Å²) in [6.45, 7) is 0. The number of rotatable bonds is 0.